The van der Waals surface area contributed by atoms with E-state index in [2.05, 4.69) is 32.9 Å². The van der Waals surface area contributed by atoms with E-state index in [1.54, 1.807) is 0 Å². The lowest BCUT2D eigenvalue weighted by molar-refractivity contribution is -0.156. The minimum Gasteiger partial charge on any atom is -0.488 e. The quantitative estimate of drug-likeness (QED) is 0.803. The van der Waals surface area contributed by atoms with E-state index < -0.39 is 0 Å². The largest absolute Gasteiger partial charge is 0.488 e. The van der Waals surface area contributed by atoms with Crippen molar-refractivity contribution in [1.82, 2.24) is 0 Å². The van der Waals surface area contributed by atoms with Crippen LogP contribution in [0.3, 0.4) is 0 Å². The molecule has 2 aliphatic rings. The number of Topliss-reactive ketones (excluding diaryl/α,β-unsaturated/α-hetero) is 1. The molecular weight excluding hydrogens is 248 g/mol. The summed E-state index contributed by atoms with van der Waals surface area (Å²) in [4.78, 5) is 12.2. The number of carbonyl (C=O) groups excluding carboxylic acids is 1. The van der Waals surface area contributed by atoms with Crippen molar-refractivity contribution < 1.29 is 9.53 Å². The van der Waals surface area contributed by atoms with Crippen LogP contribution >= 0.6 is 0 Å². The molecule has 0 N–H and O–H groups in total. The van der Waals surface area contributed by atoms with Gasteiger partial charge in [0.25, 0.3) is 0 Å². The predicted octanol–water partition coefficient (Wildman–Crippen LogP) is 4.28. The molecule has 1 spiro atoms. The first-order chi connectivity index (χ1) is 9.53. The van der Waals surface area contributed by atoms with Crippen LogP contribution < -0.4 is 4.74 Å². The van der Waals surface area contributed by atoms with E-state index in [0.29, 0.717) is 12.2 Å². The van der Waals surface area contributed by atoms with Gasteiger partial charge in [-0.3, -0.25) is 4.79 Å². The number of carbonyl (C=O) groups is 1. The Morgan fingerprint density at radius 3 is 2.20 bits per heavy atom. The minimum atomic E-state index is -0.151. The summed E-state index contributed by atoms with van der Waals surface area (Å²) in [5.74, 6) is 1.43. The van der Waals surface area contributed by atoms with Gasteiger partial charge in [0.1, 0.15) is 17.6 Å². The van der Waals surface area contributed by atoms with Gasteiger partial charge in [0.15, 0.2) is 0 Å². The normalized spacial score (nSPS) is 24.6. The topological polar surface area (TPSA) is 26.3 Å². The molecule has 1 atom stereocenters. The highest BCUT2D eigenvalue weighted by Crippen LogP contribution is 2.51. The first-order valence-corrected chi connectivity index (χ1v) is 7.81. The van der Waals surface area contributed by atoms with Crippen molar-refractivity contribution >= 4 is 5.78 Å². The summed E-state index contributed by atoms with van der Waals surface area (Å²) in [7, 11) is 0. The molecule has 2 saturated carbocycles. The van der Waals surface area contributed by atoms with Gasteiger partial charge in [0.05, 0.1) is 5.41 Å². The van der Waals surface area contributed by atoms with Crippen molar-refractivity contribution in [2.45, 2.75) is 65.4 Å². The van der Waals surface area contributed by atoms with E-state index in [9.17, 15) is 4.79 Å². The summed E-state index contributed by atoms with van der Waals surface area (Å²) < 4.78 is 6.31. The molecule has 2 nitrogen and oxygen atoms in total. The number of rotatable bonds is 2. The summed E-state index contributed by atoms with van der Waals surface area (Å²) in [5, 5.41) is 0. The Morgan fingerprint density at radius 1 is 1.05 bits per heavy atom. The molecule has 1 unspecified atom stereocenters. The van der Waals surface area contributed by atoms with Crippen molar-refractivity contribution in [3.8, 4) is 5.75 Å². The van der Waals surface area contributed by atoms with Gasteiger partial charge in [0.2, 0.25) is 0 Å². The Kier molecular flexibility index (Phi) is 3.35. The fourth-order valence-corrected chi connectivity index (χ4v) is 4.05. The van der Waals surface area contributed by atoms with Gasteiger partial charge in [-0.2, -0.15) is 0 Å². The number of aryl methyl sites for hydroxylation is 3. The third kappa shape index (κ3) is 2.06. The van der Waals surface area contributed by atoms with Crippen LogP contribution in [-0.4, -0.2) is 11.9 Å². The molecule has 0 aliphatic heterocycles. The van der Waals surface area contributed by atoms with E-state index in [-0.39, 0.29) is 11.5 Å². The molecule has 0 radical (unpaired) electrons. The Morgan fingerprint density at radius 2 is 1.65 bits per heavy atom. The van der Waals surface area contributed by atoms with Gasteiger partial charge in [-0.1, -0.05) is 37.0 Å². The van der Waals surface area contributed by atoms with Crippen molar-refractivity contribution in [3.63, 3.8) is 0 Å². The van der Waals surface area contributed by atoms with E-state index in [4.69, 9.17) is 4.74 Å². The monoisotopic (exact) mass is 272 g/mol. The van der Waals surface area contributed by atoms with Gasteiger partial charge in [0, 0.05) is 6.42 Å². The molecule has 20 heavy (non-hydrogen) atoms. The molecule has 0 saturated heterocycles. The zero-order valence-electron chi connectivity index (χ0n) is 12.8. The Labute approximate surface area is 121 Å². The van der Waals surface area contributed by atoms with Crippen LogP contribution in [0.15, 0.2) is 12.1 Å². The molecule has 2 heteroatoms. The average Bonchev–Trinajstić information content (AvgIpc) is 2.42. The molecule has 2 fully saturated rings. The van der Waals surface area contributed by atoms with Crippen LogP contribution in [0.4, 0.5) is 0 Å². The lowest BCUT2D eigenvalue weighted by Crippen LogP contribution is -2.57. The minimum absolute atomic E-state index is 0.107. The van der Waals surface area contributed by atoms with Crippen LogP contribution in [0.1, 0.15) is 55.2 Å². The first kappa shape index (κ1) is 13.7. The Hall–Kier alpha value is -1.31. The fourth-order valence-electron chi connectivity index (χ4n) is 4.05. The number of ketones is 1. The summed E-state index contributed by atoms with van der Waals surface area (Å²) >= 11 is 0. The van der Waals surface area contributed by atoms with Crippen molar-refractivity contribution in [2.24, 2.45) is 5.41 Å². The van der Waals surface area contributed by atoms with E-state index in [1.165, 1.54) is 36.0 Å². The molecule has 0 bridgehead atoms. The standard InChI is InChI=1S/C18H24O2/c1-12-9-13(2)17(14(3)10-12)20-16-11-15(19)18(16)7-5-4-6-8-18/h9-10,16H,4-8,11H2,1-3H3. The molecule has 0 heterocycles. The molecule has 1 aromatic rings. The fraction of sp³-hybridized carbons (Fsp3) is 0.611. The zero-order valence-corrected chi connectivity index (χ0v) is 12.8. The van der Waals surface area contributed by atoms with Crippen LogP contribution in [0.2, 0.25) is 0 Å². The van der Waals surface area contributed by atoms with Gasteiger partial charge in [-0.05, 0) is 44.7 Å². The second-order valence-electron chi connectivity index (χ2n) is 6.68. The average molecular weight is 272 g/mol. The van der Waals surface area contributed by atoms with Crippen molar-refractivity contribution in [1.29, 1.82) is 0 Å². The van der Waals surface area contributed by atoms with Crippen molar-refractivity contribution in [3.05, 3.63) is 28.8 Å². The van der Waals surface area contributed by atoms with Crippen LogP contribution in [0.5, 0.6) is 5.75 Å². The summed E-state index contributed by atoms with van der Waals surface area (Å²) in [5.41, 5.74) is 3.49. The molecule has 1 aromatic carbocycles. The number of hydrogen-bond donors (Lipinski definition) is 0. The maximum Gasteiger partial charge on any atom is 0.146 e. The molecule has 108 valence electrons. The van der Waals surface area contributed by atoms with Gasteiger partial charge in [-0.15, -0.1) is 0 Å². The number of benzene rings is 1. The highest BCUT2D eigenvalue weighted by Gasteiger charge is 2.56. The lowest BCUT2D eigenvalue weighted by Gasteiger charge is -2.49. The van der Waals surface area contributed by atoms with Crippen LogP contribution in [0, 0.1) is 26.2 Å². The first-order valence-electron chi connectivity index (χ1n) is 7.81. The molecule has 0 aromatic heterocycles. The van der Waals surface area contributed by atoms with Crippen molar-refractivity contribution in [2.75, 3.05) is 0 Å². The summed E-state index contributed by atoms with van der Waals surface area (Å²) in [6.07, 6.45) is 6.39. The maximum atomic E-state index is 12.2. The van der Waals surface area contributed by atoms with E-state index in [0.717, 1.165) is 18.6 Å². The van der Waals surface area contributed by atoms with E-state index >= 15 is 0 Å². The SMILES string of the molecule is Cc1cc(C)c(OC2CC(=O)C23CCCCC3)c(C)c1. The summed E-state index contributed by atoms with van der Waals surface area (Å²) in [6, 6.07) is 4.33. The molecule has 0 amide bonds. The molecule has 3 rings (SSSR count). The third-order valence-corrected chi connectivity index (χ3v) is 5.15. The van der Waals surface area contributed by atoms with Gasteiger partial charge < -0.3 is 4.74 Å². The zero-order chi connectivity index (χ0) is 14.3. The van der Waals surface area contributed by atoms with Gasteiger partial charge in [-0.25, -0.2) is 0 Å². The highest BCUT2D eigenvalue weighted by atomic mass is 16.5. The number of ether oxygens (including phenoxy) is 1. The second kappa shape index (κ2) is 4.91. The lowest BCUT2D eigenvalue weighted by atomic mass is 9.57. The predicted molar refractivity (Wildman–Crippen MR) is 80.2 cm³/mol. The highest BCUT2D eigenvalue weighted by molar-refractivity contribution is 5.92. The third-order valence-electron chi connectivity index (χ3n) is 5.15. The molecule has 2 aliphatic carbocycles. The van der Waals surface area contributed by atoms with Crippen LogP contribution in [0.25, 0.3) is 0 Å². The molecular formula is C18H24O2. The smallest absolute Gasteiger partial charge is 0.146 e. The Balaban J connectivity index is 1.83. The second-order valence-corrected chi connectivity index (χ2v) is 6.68. The maximum absolute atomic E-state index is 12.2. The van der Waals surface area contributed by atoms with Crippen LogP contribution in [-0.2, 0) is 4.79 Å². The van der Waals surface area contributed by atoms with Gasteiger partial charge >= 0.3 is 0 Å². The Bertz CT molecular complexity index is 515. The number of hydrogen-bond acceptors (Lipinski definition) is 2. The van der Waals surface area contributed by atoms with E-state index in [1.807, 2.05) is 0 Å². The summed E-state index contributed by atoms with van der Waals surface area (Å²) in [6.45, 7) is 6.31.